The normalized spacial score (nSPS) is 16.3. The number of anilines is 1. The average Bonchev–Trinajstić information content (AvgIpc) is 3.04. The van der Waals surface area contributed by atoms with Crippen LogP contribution in [0.4, 0.5) is 5.82 Å². The Morgan fingerprint density at radius 1 is 1.15 bits per heavy atom. The van der Waals surface area contributed by atoms with E-state index in [0.29, 0.717) is 13.1 Å². The molecule has 4 rings (SSSR count). The van der Waals surface area contributed by atoms with Crippen molar-refractivity contribution in [3.8, 4) is 6.07 Å². The van der Waals surface area contributed by atoms with Gasteiger partial charge in [0.05, 0.1) is 29.2 Å². The van der Waals surface area contributed by atoms with Crippen LogP contribution < -0.4 is 10.6 Å². The Kier molecular flexibility index (Phi) is 4.85. The van der Waals surface area contributed by atoms with E-state index in [9.17, 15) is 10.1 Å². The lowest BCUT2D eigenvalue weighted by Gasteiger charge is -2.35. The Morgan fingerprint density at radius 3 is 2.70 bits per heavy atom. The number of nitrogens with zero attached hydrogens (tertiary/aromatic N) is 6. The number of para-hydroxylation sites is 2. The van der Waals surface area contributed by atoms with Crippen LogP contribution in [0, 0.1) is 17.2 Å². The van der Waals surface area contributed by atoms with Gasteiger partial charge >= 0.3 is 5.69 Å². The van der Waals surface area contributed by atoms with Crippen molar-refractivity contribution >= 4 is 16.9 Å². The van der Waals surface area contributed by atoms with Crippen LogP contribution in [0.1, 0.15) is 0 Å². The second-order valence-electron chi connectivity index (χ2n) is 6.74. The van der Waals surface area contributed by atoms with Crippen LogP contribution in [0.2, 0.25) is 0 Å². The maximum Gasteiger partial charge on any atom is 0.326 e. The summed E-state index contributed by atoms with van der Waals surface area (Å²) in [6.07, 6.45) is 5.15. The molecule has 0 aliphatic carbocycles. The summed E-state index contributed by atoms with van der Waals surface area (Å²) in [5.41, 5.74) is 1.48. The molecule has 8 heteroatoms. The standard InChI is InChI=1S/C19H21N7O/c20-11-15(14-26-17-4-2-1-3-16(17)23-19(26)27)13-24-7-9-25(10-8-24)18-12-21-5-6-22-18/h1-6,12,15H,7-10,13-14H2,(H,23,27). The molecule has 1 fully saturated rings. The molecule has 27 heavy (non-hydrogen) atoms. The van der Waals surface area contributed by atoms with Crippen molar-refractivity contribution in [3.05, 3.63) is 53.3 Å². The monoisotopic (exact) mass is 363 g/mol. The topological polar surface area (TPSA) is 93.8 Å². The number of rotatable bonds is 5. The number of piperazine rings is 1. The minimum Gasteiger partial charge on any atom is -0.353 e. The lowest BCUT2D eigenvalue weighted by molar-refractivity contribution is 0.228. The molecule has 1 aliphatic heterocycles. The van der Waals surface area contributed by atoms with E-state index in [0.717, 1.165) is 43.0 Å². The summed E-state index contributed by atoms with van der Waals surface area (Å²) < 4.78 is 1.67. The van der Waals surface area contributed by atoms with Crippen LogP contribution >= 0.6 is 0 Å². The first-order valence-electron chi connectivity index (χ1n) is 9.05. The molecule has 2 aromatic heterocycles. The highest BCUT2D eigenvalue weighted by Gasteiger charge is 2.22. The Labute approximate surface area is 156 Å². The molecule has 0 amide bonds. The van der Waals surface area contributed by atoms with Gasteiger partial charge in [-0.15, -0.1) is 0 Å². The number of benzene rings is 1. The number of nitriles is 1. The van der Waals surface area contributed by atoms with E-state index in [1.54, 1.807) is 23.2 Å². The third-order valence-corrected chi connectivity index (χ3v) is 4.99. The van der Waals surface area contributed by atoms with Crippen LogP contribution in [-0.4, -0.2) is 57.1 Å². The molecule has 1 N–H and O–H groups in total. The maximum atomic E-state index is 12.2. The fourth-order valence-electron chi connectivity index (χ4n) is 3.57. The molecule has 0 bridgehead atoms. The summed E-state index contributed by atoms with van der Waals surface area (Å²) in [5, 5.41) is 9.62. The second kappa shape index (κ2) is 7.60. The van der Waals surface area contributed by atoms with Gasteiger partial charge in [-0.1, -0.05) is 12.1 Å². The van der Waals surface area contributed by atoms with Gasteiger partial charge in [-0.2, -0.15) is 5.26 Å². The summed E-state index contributed by atoms with van der Waals surface area (Å²) in [4.78, 5) is 28.0. The van der Waals surface area contributed by atoms with Crippen molar-refractivity contribution in [2.75, 3.05) is 37.6 Å². The molecule has 1 atom stereocenters. The fourth-order valence-corrected chi connectivity index (χ4v) is 3.57. The van der Waals surface area contributed by atoms with Gasteiger partial charge in [0, 0.05) is 51.7 Å². The third-order valence-electron chi connectivity index (χ3n) is 4.99. The Bertz CT molecular complexity index is 996. The van der Waals surface area contributed by atoms with E-state index in [2.05, 4.69) is 30.8 Å². The summed E-state index contributed by atoms with van der Waals surface area (Å²) >= 11 is 0. The van der Waals surface area contributed by atoms with Gasteiger partial charge in [0.15, 0.2) is 0 Å². The van der Waals surface area contributed by atoms with Crippen molar-refractivity contribution < 1.29 is 0 Å². The summed E-state index contributed by atoms with van der Waals surface area (Å²) in [6.45, 7) is 4.46. The van der Waals surface area contributed by atoms with Crippen LogP contribution in [0.5, 0.6) is 0 Å². The lowest BCUT2D eigenvalue weighted by Crippen LogP contribution is -2.48. The highest BCUT2D eigenvalue weighted by molar-refractivity contribution is 5.74. The van der Waals surface area contributed by atoms with E-state index in [1.165, 1.54) is 0 Å². The minimum atomic E-state index is -0.245. The van der Waals surface area contributed by atoms with Crippen LogP contribution in [0.3, 0.4) is 0 Å². The summed E-state index contributed by atoms with van der Waals surface area (Å²) in [5.74, 6) is 0.643. The van der Waals surface area contributed by atoms with Gasteiger partial charge in [-0.3, -0.25) is 14.5 Å². The Morgan fingerprint density at radius 2 is 1.96 bits per heavy atom. The molecule has 1 saturated heterocycles. The first-order valence-corrected chi connectivity index (χ1v) is 9.05. The second-order valence-corrected chi connectivity index (χ2v) is 6.74. The smallest absolute Gasteiger partial charge is 0.326 e. The number of aromatic nitrogens is 4. The SMILES string of the molecule is N#CC(CN1CCN(c2cnccn2)CC1)Cn1c(=O)[nH]c2ccccc21. The Hall–Kier alpha value is -3.18. The maximum absolute atomic E-state index is 12.2. The molecule has 1 unspecified atom stereocenters. The summed E-state index contributed by atoms with van der Waals surface area (Å²) in [7, 11) is 0. The predicted octanol–water partition coefficient (Wildman–Crippen LogP) is 1.08. The predicted molar refractivity (Wildman–Crippen MR) is 102 cm³/mol. The van der Waals surface area contributed by atoms with E-state index >= 15 is 0 Å². The van der Waals surface area contributed by atoms with E-state index in [1.807, 2.05) is 24.3 Å². The van der Waals surface area contributed by atoms with E-state index < -0.39 is 0 Å². The van der Waals surface area contributed by atoms with Crippen LogP contribution in [-0.2, 0) is 6.54 Å². The highest BCUT2D eigenvalue weighted by Crippen LogP contribution is 2.15. The molecule has 0 radical (unpaired) electrons. The molecule has 1 aliphatic rings. The van der Waals surface area contributed by atoms with Gasteiger partial charge < -0.3 is 9.88 Å². The van der Waals surface area contributed by atoms with Crippen molar-refractivity contribution in [2.45, 2.75) is 6.54 Å². The molecular weight excluding hydrogens is 342 g/mol. The van der Waals surface area contributed by atoms with E-state index in [-0.39, 0.29) is 11.6 Å². The molecule has 3 aromatic rings. The van der Waals surface area contributed by atoms with Crippen LogP contribution in [0.25, 0.3) is 11.0 Å². The molecular formula is C19H21N7O. The zero-order chi connectivity index (χ0) is 18.6. The van der Waals surface area contributed by atoms with Crippen molar-refractivity contribution in [1.82, 2.24) is 24.4 Å². The van der Waals surface area contributed by atoms with Crippen LogP contribution in [0.15, 0.2) is 47.7 Å². The number of fused-ring (bicyclic) bond motifs is 1. The molecule has 0 saturated carbocycles. The first-order chi connectivity index (χ1) is 13.2. The van der Waals surface area contributed by atoms with Crippen molar-refractivity contribution in [2.24, 2.45) is 5.92 Å². The van der Waals surface area contributed by atoms with E-state index in [4.69, 9.17) is 0 Å². The number of hydrogen-bond donors (Lipinski definition) is 1. The van der Waals surface area contributed by atoms with Crippen molar-refractivity contribution in [3.63, 3.8) is 0 Å². The van der Waals surface area contributed by atoms with Crippen molar-refractivity contribution in [1.29, 1.82) is 5.26 Å². The highest BCUT2D eigenvalue weighted by atomic mass is 16.1. The van der Waals surface area contributed by atoms with Gasteiger partial charge in [-0.05, 0) is 12.1 Å². The van der Waals surface area contributed by atoms with Gasteiger partial charge in [0.2, 0.25) is 0 Å². The number of H-pyrrole nitrogens is 1. The average molecular weight is 363 g/mol. The fraction of sp³-hybridized carbons (Fsp3) is 0.368. The molecule has 138 valence electrons. The third kappa shape index (κ3) is 3.68. The number of hydrogen-bond acceptors (Lipinski definition) is 6. The molecule has 0 spiro atoms. The first kappa shape index (κ1) is 17.2. The lowest BCUT2D eigenvalue weighted by atomic mass is 10.1. The quantitative estimate of drug-likeness (QED) is 0.729. The largest absolute Gasteiger partial charge is 0.353 e. The number of nitrogens with one attached hydrogen (secondary N) is 1. The van der Waals surface area contributed by atoms with Gasteiger partial charge in [0.1, 0.15) is 5.82 Å². The minimum absolute atomic E-state index is 0.163. The van der Waals surface area contributed by atoms with Gasteiger partial charge in [0.25, 0.3) is 0 Å². The summed E-state index contributed by atoms with van der Waals surface area (Å²) in [6, 6.07) is 9.94. The molecule has 3 heterocycles. The zero-order valence-corrected chi connectivity index (χ0v) is 15.0. The number of aromatic amines is 1. The zero-order valence-electron chi connectivity index (χ0n) is 15.0. The Balaban J connectivity index is 1.39. The van der Waals surface area contributed by atoms with Gasteiger partial charge in [-0.25, -0.2) is 9.78 Å². The molecule has 8 nitrogen and oxygen atoms in total. The molecule has 1 aromatic carbocycles. The number of imidazole rings is 1.